The lowest BCUT2D eigenvalue weighted by Crippen LogP contribution is -2.19. The second-order valence-electron chi connectivity index (χ2n) is 3.43. The van der Waals surface area contributed by atoms with Gasteiger partial charge in [0.15, 0.2) is 5.82 Å². The number of hydrogen-bond acceptors (Lipinski definition) is 8. The van der Waals surface area contributed by atoms with Gasteiger partial charge >= 0.3 is 6.09 Å². The van der Waals surface area contributed by atoms with Crippen LogP contribution in [0.3, 0.4) is 0 Å². The number of carbonyl (C=O) groups is 1. The summed E-state index contributed by atoms with van der Waals surface area (Å²) in [6.45, 7) is 3.26. The van der Waals surface area contributed by atoms with E-state index in [1.54, 1.807) is 6.07 Å². The Morgan fingerprint density at radius 3 is 2.79 bits per heavy atom. The monoisotopic (exact) mass is 270 g/mol. The molecule has 0 spiro atoms. The molecule has 0 unspecified atom stereocenters. The molecule has 0 atom stereocenters. The molecule has 0 aliphatic carbocycles. The van der Waals surface area contributed by atoms with E-state index in [1.807, 2.05) is 6.92 Å². The molecular weight excluding hydrogens is 252 g/mol. The maximum atomic E-state index is 10.4. The van der Waals surface area contributed by atoms with Crippen LogP contribution < -0.4 is 22.3 Å². The van der Waals surface area contributed by atoms with E-state index >= 15 is 0 Å². The van der Waals surface area contributed by atoms with E-state index in [2.05, 4.69) is 25.4 Å². The molecule has 106 valence electrons. The standard InChI is InChI=1S/C10H18N6O3/c1-2-18-6-9-14-7(5-8(15-9)16-12)13-3-4-19-10(11)17/h5H,2-4,6,12H2,1H3,(H2,11,17)(H2,13,14,15,16). The van der Waals surface area contributed by atoms with Gasteiger partial charge in [0.1, 0.15) is 24.8 Å². The Kier molecular flexibility index (Phi) is 6.33. The van der Waals surface area contributed by atoms with Gasteiger partial charge in [-0.1, -0.05) is 0 Å². The first kappa shape index (κ1) is 14.9. The van der Waals surface area contributed by atoms with E-state index in [9.17, 15) is 4.79 Å². The Hall–Kier alpha value is -2.13. The molecular formula is C10H18N6O3. The van der Waals surface area contributed by atoms with Crippen LogP contribution in [-0.4, -0.2) is 35.8 Å². The van der Waals surface area contributed by atoms with Crippen molar-refractivity contribution in [3.05, 3.63) is 11.9 Å². The molecule has 9 nitrogen and oxygen atoms in total. The van der Waals surface area contributed by atoms with Crippen molar-refractivity contribution >= 4 is 17.7 Å². The van der Waals surface area contributed by atoms with E-state index < -0.39 is 6.09 Å². The molecule has 0 aliphatic rings. The molecule has 0 radical (unpaired) electrons. The van der Waals surface area contributed by atoms with Gasteiger partial charge < -0.3 is 25.9 Å². The second-order valence-corrected chi connectivity index (χ2v) is 3.43. The zero-order valence-electron chi connectivity index (χ0n) is 10.7. The van der Waals surface area contributed by atoms with Crippen molar-refractivity contribution in [3.63, 3.8) is 0 Å². The average Bonchev–Trinajstić information content (AvgIpc) is 2.41. The van der Waals surface area contributed by atoms with Crippen molar-refractivity contribution in [2.75, 3.05) is 30.5 Å². The van der Waals surface area contributed by atoms with Crippen molar-refractivity contribution in [2.45, 2.75) is 13.5 Å². The van der Waals surface area contributed by atoms with Crippen LogP contribution in [0, 0.1) is 0 Å². The van der Waals surface area contributed by atoms with Crippen LogP contribution >= 0.6 is 0 Å². The molecule has 0 aliphatic heterocycles. The molecule has 1 aromatic rings. The normalized spacial score (nSPS) is 10.0. The van der Waals surface area contributed by atoms with Crippen molar-refractivity contribution in [1.29, 1.82) is 0 Å². The highest BCUT2D eigenvalue weighted by molar-refractivity contribution is 5.64. The molecule has 0 saturated heterocycles. The first-order chi connectivity index (χ1) is 9.15. The van der Waals surface area contributed by atoms with E-state index in [1.165, 1.54) is 0 Å². The Balaban J connectivity index is 2.57. The summed E-state index contributed by atoms with van der Waals surface area (Å²) in [7, 11) is 0. The fourth-order valence-electron chi connectivity index (χ4n) is 1.25. The van der Waals surface area contributed by atoms with Crippen LogP contribution in [-0.2, 0) is 16.1 Å². The molecule has 0 aromatic carbocycles. The van der Waals surface area contributed by atoms with Crippen molar-refractivity contribution in [2.24, 2.45) is 11.6 Å². The summed E-state index contributed by atoms with van der Waals surface area (Å²) in [5, 5.41) is 2.96. The van der Waals surface area contributed by atoms with Crippen molar-refractivity contribution < 1.29 is 14.3 Å². The lowest BCUT2D eigenvalue weighted by atomic mass is 10.4. The summed E-state index contributed by atoms with van der Waals surface area (Å²) in [6, 6.07) is 1.62. The molecule has 1 amide bonds. The predicted molar refractivity (Wildman–Crippen MR) is 69.2 cm³/mol. The van der Waals surface area contributed by atoms with Gasteiger partial charge in [0.2, 0.25) is 0 Å². The Morgan fingerprint density at radius 1 is 1.42 bits per heavy atom. The largest absolute Gasteiger partial charge is 0.448 e. The van der Waals surface area contributed by atoms with Crippen molar-refractivity contribution in [3.8, 4) is 0 Å². The fraction of sp³-hybridized carbons (Fsp3) is 0.500. The number of primary amides is 1. The van der Waals surface area contributed by atoms with Gasteiger partial charge in [-0.2, -0.15) is 0 Å². The van der Waals surface area contributed by atoms with Crippen LogP contribution in [0.5, 0.6) is 0 Å². The highest BCUT2D eigenvalue weighted by Crippen LogP contribution is 2.10. The minimum absolute atomic E-state index is 0.144. The van der Waals surface area contributed by atoms with Gasteiger partial charge in [0.05, 0.1) is 6.54 Å². The third kappa shape index (κ3) is 5.84. The average molecular weight is 270 g/mol. The Bertz CT molecular complexity index is 414. The number of nitrogens with two attached hydrogens (primary N) is 2. The summed E-state index contributed by atoms with van der Waals surface area (Å²) < 4.78 is 9.81. The van der Waals surface area contributed by atoms with Crippen molar-refractivity contribution in [1.82, 2.24) is 9.97 Å². The molecule has 6 N–H and O–H groups in total. The number of amides is 1. The van der Waals surface area contributed by atoms with Gasteiger partial charge in [0, 0.05) is 12.7 Å². The number of anilines is 2. The maximum Gasteiger partial charge on any atom is 0.404 e. The number of nitrogen functional groups attached to an aromatic ring is 1. The smallest absolute Gasteiger partial charge is 0.404 e. The Labute approximate surface area is 110 Å². The zero-order valence-corrected chi connectivity index (χ0v) is 10.7. The number of hydrogen-bond donors (Lipinski definition) is 4. The van der Waals surface area contributed by atoms with Gasteiger partial charge in [0.25, 0.3) is 0 Å². The molecule has 1 aromatic heterocycles. The number of nitrogens with zero attached hydrogens (tertiary/aromatic N) is 2. The van der Waals surface area contributed by atoms with Crippen LogP contribution in [0.4, 0.5) is 16.4 Å². The molecule has 0 fully saturated rings. The lowest BCUT2D eigenvalue weighted by Gasteiger charge is -2.09. The summed E-state index contributed by atoms with van der Waals surface area (Å²) in [4.78, 5) is 18.7. The van der Waals surface area contributed by atoms with Crippen LogP contribution in [0.25, 0.3) is 0 Å². The molecule has 1 heterocycles. The number of carbonyl (C=O) groups excluding carboxylic acids is 1. The lowest BCUT2D eigenvalue weighted by molar-refractivity contribution is 0.128. The number of hydrazine groups is 1. The summed E-state index contributed by atoms with van der Waals surface area (Å²) in [5.41, 5.74) is 7.28. The highest BCUT2D eigenvalue weighted by atomic mass is 16.5. The summed E-state index contributed by atoms with van der Waals surface area (Å²) in [6.07, 6.45) is -0.814. The number of ether oxygens (including phenoxy) is 2. The van der Waals surface area contributed by atoms with Crippen LogP contribution in [0.15, 0.2) is 6.07 Å². The second kappa shape index (κ2) is 8.06. The van der Waals surface area contributed by atoms with E-state index in [0.717, 1.165) is 0 Å². The first-order valence-electron chi connectivity index (χ1n) is 5.74. The topological polar surface area (TPSA) is 137 Å². The number of rotatable bonds is 8. The predicted octanol–water partition coefficient (Wildman–Crippen LogP) is -0.194. The molecule has 19 heavy (non-hydrogen) atoms. The van der Waals surface area contributed by atoms with Gasteiger partial charge in [-0.3, -0.25) is 0 Å². The van der Waals surface area contributed by atoms with E-state index in [-0.39, 0.29) is 6.61 Å². The molecule has 1 rings (SSSR count). The molecule has 0 saturated carbocycles. The summed E-state index contributed by atoms with van der Waals surface area (Å²) in [5.74, 6) is 6.82. The minimum atomic E-state index is -0.814. The molecule has 0 bridgehead atoms. The zero-order chi connectivity index (χ0) is 14.1. The first-order valence-corrected chi connectivity index (χ1v) is 5.74. The maximum absolute atomic E-state index is 10.4. The van der Waals surface area contributed by atoms with E-state index in [4.69, 9.17) is 16.3 Å². The third-order valence-electron chi connectivity index (χ3n) is 2.01. The number of aromatic nitrogens is 2. The van der Waals surface area contributed by atoms with Gasteiger partial charge in [-0.15, -0.1) is 0 Å². The quantitative estimate of drug-likeness (QED) is 0.289. The molecule has 9 heteroatoms. The van der Waals surface area contributed by atoms with Gasteiger partial charge in [-0.25, -0.2) is 20.6 Å². The van der Waals surface area contributed by atoms with Crippen LogP contribution in [0.2, 0.25) is 0 Å². The van der Waals surface area contributed by atoms with Crippen LogP contribution in [0.1, 0.15) is 12.7 Å². The minimum Gasteiger partial charge on any atom is -0.448 e. The van der Waals surface area contributed by atoms with E-state index in [0.29, 0.717) is 37.2 Å². The highest BCUT2D eigenvalue weighted by Gasteiger charge is 2.04. The third-order valence-corrected chi connectivity index (χ3v) is 2.01. The number of nitrogens with one attached hydrogen (secondary N) is 2. The Morgan fingerprint density at radius 2 is 2.16 bits per heavy atom. The fourth-order valence-corrected chi connectivity index (χ4v) is 1.25. The SMILES string of the molecule is CCOCc1nc(NN)cc(NCCOC(N)=O)n1. The summed E-state index contributed by atoms with van der Waals surface area (Å²) >= 11 is 0. The van der Waals surface area contributed by atoms with Gasteiger partial charge in [-0.05, 0) is 6.92 Å².